The number of hydrogen-bond acceptors (Lipinski definition) is 7. The number of nitrogens with one attached hydrogen (secondary N) is 3. The number of amides is 3. The Kier molecular flexibility index (Phi) is 11.4. The van der Waals surface area contributed by atoms with Gasteiger partial charge in [-0.15, -0.1) is 0 Å². The molecule has 2 fully saturated rings. The third-order valence-electron chi connectivity index (χ3n) is 8.65. The molecule has 1 unspecified atom stereocenters. The largest absolute Gasteiger partial charge is 0.491 e. The Balaban J connectivity index is 1.29. The van der Waals surface area contributed by atoms with Gasteiger partial charge in [0.15, 0.2) is 11.9 Å². The molecule has 46 heavy (non-hydrogen) atoms. The van der Waals surface area contributed by atoms with Crippen molar-refractivity contribution >= 4 is 23.4 Å². The summed E-state index contributed by atoms with van der Waals surface area (Å²) < 4.78 is 13.6. The number of benzene rings is 2. The second kappa shape index (κ2) is 16.0. The van der Waals surface area contributed by atoms with E-state index in [2.05, 4.69) is 15.7 Å². The van der Waals surface area contributed by atoms with E-state index in [-0.39, 0.29) is 36.0 Å². The van der Waals surface area contributed by atoms with Gasteiger partial charge in [0.25, 0.3) is 11.8 Å². The first-order chi connectivity index (χ1) is 22.4. The molecule has 0 bridgehead atoms. The maximum atomic E-state index is 13.7. The van der Waals surface area contributed by atoms with Gasteiger partial charge in [0.2, 0.25) is 5.91 Å². The highest BCUT2D eigenvalue weighted by Crippen LogP contribution is 2.30. The number of nitriles is 1. The van der Waals surface area contributed by atoms with E-state index in [0.29, 0.717) is 30.6 Å². The molecule has 0 spiro atoms. The summed E-state index contributed by atoms with van der Waals surface area (Å²) in [6.07, 6.45) is 10.9. The van der Waals surface area contributed by atoms with Crippen molar-refractivity contribution in [1.82, 2.24) is 20.4 Å². The molecule has 11 nitrogen and oxygen atoms in total. The molecule has 3 amide bonds. The zero-order chi connectivity index (χ0) is 32.3. The molecule has 3 aromatic rings. The fraction of sp³-hybridized carbons (Fsp3) is 0.457. The predicted octanol–water partition coefficient (Wildman–Crippen LogP) is 5.26. The first-order valence-electron chi connectivity index (χ1n) is 16.2. The van der Waals surface area contributed by atoms with E-state index in [9.17, 15) is 14.4 Å². The van der Waals surface area contributed by atoms with Crippen molar-refractivity contribution in [3.8, 4) is 11.9 Å². The standard InChI is InChI=1S/C35H42N6O5/c1-24-16-17-32(46-22-26-12-6-3-7-13-26)28(18-24)39-35(44)30-19-29(34(43)37-23-36)40-41(30)20-33(42)38-27-14-8-9-15-31(27)45-21-25-10-4-2-5-11-25/h2,4-5,10-11,16-19,26-27,31H,3,6-9,12-15,20-22H2,1H3,(H,37,43)(H,38,42)(H,39,44)/t27-,31?/m0/s1. The summed E-state index contributed by atoms with van der Waals surface area (Å²) in [5.41, 5.74) is 2.32. The number of hydrogen-bond donors (Lipinski definition) is 3. The molecular formula is C35H42N6O5. The maximum Gasteiger partial charge on any atom is 0.284 e. The van der Waals surface area contributed by atoms with Crippen molar-refractivity contribution < 1.29 is 23.9 Å². The smallest absolute Gasteiger partial charge is 0.284 e. The Morgan fingerprint density at radius 1 is 0.957 bits per heavy atom. The number of ether oxygens (including phenoxy) is 2. The van der Waals surface area contributed by atoms with Gasteiger partial charge in [-0.25, -0.2) is 4.68 Å². The molecule has 0 saturated heterocycles. The molecule has 0 radical (unpaired) electrons. The summed E-state index contributed by atoms with van der Waals surface area (Å²) in [4.78, 5) is 39.5. The average molecular weight is 627 g/mol. The molecule has 2 aliphatic rings. The van der Waals surface area contributed by atoms with Crippen LogP contribution in [0.3, 0.4) is 0 Å². The number of anilines is 1. The summed E-state index contributed by atoms with van der Waals surface area (Å²) >= 11 is 0. The van der Waals surface area contributed by atoms with Gasteiger partial charge in [-0.1, -0.05) is 68.5 Å². The molecule has 11 heteroatoms. The number of carbonyl (C=O) groups excluding carboxylic acids is 3. The quantitative estimate of drug-likeness (QED) is 0.184. The maximum absolute atomic E-state index is 13.7. The highest BCUT2D eigenvalue weighted by atomic mass is 16.5. The highest BCUT2D eigenvalue weighted by Gasteiger charge is 2.29. The minimum atomic E-state index is -0.774. The number of aromatic nitrogens is 2. The Hall–Kier alpha value is -4.69. The summed E-state index contributed by atoms with van der Waals surface area (Å²) in [7, 11) is 0. The van der Waals surface area contributed by atoms with E-state index in [1.54, 1.807) is 6.19 Å². The highest BCUT2D eigenvalue weighted by molar-refractivity contribution is 6.06. The van der Waals surface area contributed by atoms with Crippen LogP contribution < -0.4 is 20.7 Å². The van der Waals surface area contributed by atoms with Crippen molar-refractivity contribution in [2.24, 2.45) is 5.92 Å². The number of aryl methyl sites for hydroxylation is 1. The number of nitrogens with zero attached hydrogens (tertiary/aromatic N) is 3. The molecule has 0 aliphatic heterocycles. The van der Waals surface area contributed by atoms with Gasteiger partial charge >= 0.3 is 0 Å². The fourth-order valence-corrected chi connectivity index (χ4v) is 6.19. The average Bonchev–Trinajstić information content (AvgIpc) is 3.49. The minimum absolute atomic E-state index is 0.00139. The molecule has 1 aromatic heterocycles. The molecule has 1 heterocycles. The van der Waals surface area contributed by atoms with Crippen molar-refractivity contribution in [2.75, 3.05) is 11.9 Å². The van der Waals surface area contributed by atoms with Crippen molar-refractivity contribution in [3.63, 3.8) is 0 Å². The summed E-state index contributed by atoms with van der Waals surface area (Å²) in [6.45, 7) is 2.63. The van der Waals surface area contributed by atoms with Crippen molar-refractivity contribution in [3.05, 3.63) is 77.1 Å². The lowest BCUT2D eigenvalue weighted by molar-refractivity contribution is -0.124. The molecule has 2 atom stereocenters. The third kappa shape index (κ3) is 8.95. The Morgan fingerprint density at radius 3 is 2.50 bits per heavy atom. The van der Waals surface area contributed by atoms with Crippen LogP contribution in [0.2, 0.25) is 0 Å². The van der Waals surface area contributed by atoms with Crippen LogP contribution >= 0.6 is 0 Å². The molecule has 2 aromatic carbocycles. The molecule has 2 aliphatic carbocycles. The molecule has 2 saturated carbocycles. The molecule has 5 rings (SSSR count). The first kappa shape index (κ1) is 32.7. The lowest BCUT2D eigenvalue weighted by Crippen LogP contribution is -2.47. The van der Waals surface area contributed by atoms with Gasteiger partial charge in [-0.05, 0) is 61.8 Å². The summed E-state index contributed by atoms with van der Waals surface area (Å²) in [6, 6.07) is 16.6. The second-order valence-electron chi connectivity index (χ2n) is 12.2. The lowest BCUT2D eigenvalue weighted by Gasteiger charge is -2.32. The van der Waals surface area contributed by atoms with Gasteiger partial charge in [0.1, 0.15) is 18.0 Å². The SMILES string of the molecule is Cc1ccc(OCC2CCCCC2)c(NC(=O)c2cc(C(=O)NC#N)nn2CC(=O)N[C@H]2CCCCC2OCc2ccccc2)c1. The molecular weight excluding hydrogens is 584 g/mol. The van der Waals surface area contributed by atoms with Crippen LogP contribution in [-0.4, -0.2) is 46.3 Å². The minimum Gasteiger partial charge on any atom is -0.491 e. The summed E-state index contributed by atoms with van der Waals surface area (Å²) in [5.74, 6) is -0.672. The topological polar surface area (TPSA) is 147 Å². The van der Waals surface area contributed by atoms with Gasteiger partial charge in [-0.2, -0.15) is 10.4 Å². The van der Waals surface area contributed by atoms with Crippen molar-refractivity contribution in [1.29, 1.82) is 5.26 Å². The summed E-state index contributed by atoms with van der Waals surface area (Å²) in [5, 5.41) is 21.2. The van der Waals surface area contributed by atoms with Crippen LogP contribution in [0, 0.1) is 24.3 Å². The Labute approximate surface area is 269 Å². The van der Waals surface area contributed by atoms with Gasteiger partial charge in [0.05, 0.1) is 31.0 Å². The van der Waals surface area contributed by atoms with E-state index < -0.39 is 11.8 Å². The van der Waals surface area contributed by atoms with Crippen LogP contribution in [0.1, 0.15) is 89.9 Å². The Morgan fingerprint density at radius 2 is 1.72 bits per heavy atom. The van der Waals surface area contributed by atoms with Crippen LogP contribution in [0.25, 0.3) is 0 Å². The molecule has 242 valence electrons. The zero-order valence-electron chi connectivity index (χ0n) is 26.3. The van der Waals surface area contributed by atoms with E-state index in [1.807, 2.05) is 60.8 Å². The van der Waals surface area contributed by atoms with E-state index in [1.165, 1.54) is 30.0 Å². The van der Waals surface area contributed by atoms with Crippen molar-refractivity contribution in [2.45, 2.75) is 90.0 Å². The van der Waals surface area contributed by atoms with Gasteiger partial charge in [-0.3, -0.25) is 19.7 Å². The number of carbonyl (C=O) groups is 3. The van der Waals surface area contributed by atoms with Gasteiger partial charge < -0.3 is 20.1 Å². The lowest BCUT2D eigenvalue weighted by atomic mass is 9.90. The zero-order valence-corrected chi connectivity index (χ0v) is 26.3. The van der Waals surface area contributed by atoms with E-state index in [0.717, 1.165) is 49.7 Å². The number of rotatable bonds is 12. The van der Waals surface area contributed by atoms with Crippen LogP contribution in [-0.2, 0) is 22.7 Å². The first-order valence-corrected chi connectivity index (χ1v) is 16.2. The van der Waals surface area contributed by atoms with Crippen LogP contribution in [0.4, 0.5) is 5.69 Å². The molecule has 3 N–H and O–H groups in total. The predicted molar refractivity (Wildman–Crippen MR) is 172 cm³/mol. The van der Waals surface area contributed by atoms with Gasteiger partial charge in [0, 0.05) is 6.07 Å². The van der Waals surface area contributed by atoms with Crippen LogP contribution in [0.5, 0.6) is 5.75 Å². The Bertz CT molecular complexity index is 1540. The fourth-order valence-electron chi connectivity index (χ4n) is 6.19. The van der Waals surface area contributed by atoms with Crippen LogP contribution in [0.15, 0.2) is 54.6 Å². The third-order valence-corrected chi connectivity index (χ3v) is 8.65. The van der Waals surface area contributed by atoms with E-state index in [4.69, 9.17) is 14.7 Å². The van der Waals surface area contributed by atoms with E-state index >= 15 is 0 Å². The monoisotopic (exact) mass is 626 g/mol. The second-order valence-corrected chi connectivity index (χ2v) is 12.2. The normalized spacial score (nSPS) is 18.3.